The van der Waals surface area contributed by atoms with E-state index in [0.717, 1.165) is 6.42 Å². The maximum absolute atomic E-state index is 11.7. The second-order valence-corrected chi connectivity index (χ2v) is 30.9. The number of hydrogen-bond acceptors (Lipinski definition) is 7. The third-order valence-corrected chi connectivity index (χ3v) is 27.2. The maximum Gasteiger partial charge on any atom is 0.111 e. The van der Waals surface area contributed by atoms with Crippen molar-refractivity contribution in [2.45, 2.75) is 195 Å². The van der Waals surface area contributed by atoms with Gasteiger partial charge in [0.2, 0.25) is 0 Å². The molecule has 0 bridgehead atoms. The van der Waals surface area contributed by atoms with Crippen LogP contribution in [0.15, 0.2) is 58.3 Å². The van der Waals surface area contributed by atoms with Crippen LogP contribution < -0.4 is 0 Å². The molecule has 1 unspecified atom stereocenters. The molecule has 2 heterocycles. The fourth-order valence-corrected chi connectivity index (χ4v) is 23.3. The van der Waals surface area contributed by atoms with Crippen LogP contribution in [0.2, 0.25) is 13.3 Å². The molecule has 13 atom stereocenters. The molecular weight excluding hydrogens is 795 g/mol. The van der Waals surface area contributed by atoms with Gasteiger partial charge in [0, 0.05) is 31.8 Å². The molecule has 4 N–H and O–H groups in total. The number of methoxy groups -OCH3 is 1. The van der Waals surface area contributed by atoms with Crippen LogP contribution >= 0.6 is 0 Å². The van der Waals surface area contributed by atoms with Crippen molar-refractivity contribution in [3.63, 3.8) is 0 Å². The minimum Gasteiger partial charge on any atom is -0.387 e. The smallest absolute Gasteiger partial charge is 0.111 e. The summed E-state index contributed by atoms with van der Waals surface area (Å²) < 4.78 is 26.6. The zero-order valence-electron chi connectivity index (χ0n) is 37.0. The Labute approximate surface area is 341 Å². The average molecular weight is 880 g/mol. The summed E-state index contributed by atoms with van der Waals surface area (Å²) in [4.78, 5) is 0. The van der Waals surface area contributed by atoms with Gasteiger partial charge >= 0.3 is 181 Å². The van der Waals surface area contributed by atoms with E-state index in [1.165, 1.54) is 57.4 Å². The number of ether oxygens (including phenoxy) is 3. The van der Waals surface area contributed by atoms with Crippen molar-refractivity contribution < 1.29 is 34.6 Å². The van der Waals surface area contributed by atoms with E-state index in [-0.39, 0.29) is 42.6 Å². The summed E-state index contributed by atoms with van der Waals surface area (Å²) in [7, 11) is 1.66. The van der Waals surface area contributed by atoms with E-state index in [9.17, 15) is 20.4 Å². The number of aliphatic hydroxyl groups is 4. The number of allylic oxidation sites excluding steroid dienone is 8. The van der Waals surface area contributed by atoms with Crippen LogP contribution in [0.3, 0.4) is 0 Å². The molecule has 0 aromatic rings. The molecule has 0 aromatic heterocycles. The summed E-state index contributed by atoms with van der Waals surface area (Å²) in [6.45, 7) is 22.7. The molecule has 0 aromatic carbocycles. The SMILES string of the molecule is C/C=C(\C)CC(C)[C@H](O)[C@@H](C)[C@H]1O[C@@]2(C[C@@H](OC)[C@H]1C)O[C@H]([C@@H](C)[C@@H](O)[C@@H](C)\C=C/C=C/C=C\C=[CH]\[Sn]([CH2]CCC)([CH2]CCC)[CH2]CCC)[C@@](C)(O)C[C@@H]2O. The zero-order chi connectivity index (χ0) is 41.4. The Hall–Kier alpha value is -0.781. The van der Waals surface area contributed by atoms with Gasteiger partial charge in [0.25, 0.3) is 0 Å². The monoisotopic (exact) mass is 881 g/mol. The third kappa shape index (κ3) is 14.5. The second-order valence-electron chi connectivity index (χ2n) is 17.9. The van der Waals surface area contributed by atoms with Gasteiger partial charge in [-0.05, 0) is 33.1 Å². The van der Waals surface area contributed by atoms with Crippen molar-refractivity contribution in [3.05, 3.63) is 58.3 Å². The van der Waals surface area contributed by atoms with Crippen molar-refractivity contribution in [1.82, 2.24) is 0 Å². The molecule has 1 spiro atoms. The third-order valence-electron chi connectivity index (χ3n) is 13.1. The van der Waals surface area contributed by atoms with Crippen molar-refractivity contribution in [3.8, 4) is 0 Å². The molecule has 55 heavy (non-hydrogen) atoms. The van der Waals surface area contributed by atoms with Crippen molar-refractivity contribution in [1.29, 1.82) is 0 Å². The van der Waals surface area contributed by atoms with Crippen LogP contribution in [0.25, 0.3) is 0 Å². The molecule has 2 fully saturated rings. The minimum absolute atomic E-state index is 0.00693. The average Bonchev–Trinajstić information content (AvgIpc) is 3.16. The zero-order valence-corrected chi connectivity index (χ0v) is 39.9. The molecule has 0 radical (unpaired) electrons. The first-order valence-electron chi connectivity index (χ1n) is 21.9. The molecule has 7 nitrogen and oxygen atoms in total. The van der Waals surface area contributed by atoms with Crippen LogP contribution in [-0.2, 0) is 14.2 Å². The van der Waals surface area contributed by atoms with Gasteiger partial charge in [-0.2, -0.15) is 0 Å². The van der Waals surface area contributed by atoms with E-state index in [4.69, 9.17) is 14.2 Å². The van der Waals surface area contributed by atoms with Gasteiger partial charge in [-0.15, -0.1) is 0 Å². The fraction of sp³-hybridized carbons (Fsp3) is 0.787. The van der Waals surface area contributed by atoms with Gasteiger partial charge in [-0.25, -0.2) is 0 Å². The Morgan fingerprint density at radius 2 is 1.38 bits per heavy atom. The van der Waals surface area contributed by atoms with E-state index in [0.29, 0.717) is 0 Å². The van der Waals surface area contributed by atoms with Gasteiger partial charge in [0.1, 0.15) is 6.10 Å². The van der Waals surface area contributed by atoms with E-state index in [1.807, 2.05) is 52.0 Å². The maximum atomic E-state index is 11.7. The number of unbranched alkanes of at least 4 members (excludes halogenated alkanes) is 3. The fourth-order valence-electron chi connectivity index (χ4n) is 9.19. The molecule has 0 saturated carbocycles. The first kappa shape index (κ1) is 50.4. The molecule has 318 valence electrons. The van der Waals surface area contributed by atoms with E-state index >= 15 is 0 Å². The predicted molar refractivity (Wildman–Crippen MR) is 232 cm³/mol. The Balaban J connectivity index is 2.19. The van der Waals surface area contributed by atoms with Crippen molar-refractivity contribution in [2.24, 2.45) is 29.6 Å². The first-order valence-corrected chi connectivity index (χ1v) is 29.6. The van der Waals surface area contributed by atoms with Gasteiger partial charge < -0.3 is 29.5 Å². The Bertz CT molecular complexity index is 1220. The molecule has 0 aliphatic carbocycles. The number of aliphatic hydroxyl groups excluding tert-OH is 3. The molecule has 2 aliphatic heterocycles. The summed E-state index contributed by atoms with van der Waals surface area (Å²) in [5, 5.41) is 46.4. The van der Waals surface area contributed by atoms with E-state index in [1.54, 1.807) is 14.0 Å². The summed E-state index contributed by atoms with van der Waals surface area (Å²) in [6, 6.07) is 0. The molecule has 2 aliphatic rings. The van der Waals surface area contributed by atoms with E-state index in [2.05, 4.69) is 69.9 Å². The number of hydrogen-bond donors (Lipinski definition) is 4. The standard InChI is InChI=1S/C35H57O7.3C4H9.Sn/c1-11-13-14-15-16-17-18-23(4)30(37)27(8)33-34(9,39)21-29(36)35(42-33)20-28(40-10)25(6)32(41-35)26(7)31(38)24(5)19-22(3)12-2;3*1-3-4-2;/h1,11-18,23-33,36-39H,19-21H2,2-10H3;3*1,3-4H2,2H3;/b11-1?,14-13-,16-15+,18-17-,22-12+;;;;/t23-,24?,25+,26+,27-,28+,29-,30-,31-,32-,33+,34-,35-;;;;/m0..../s1. The van der Waals surface area contributed by atoms with E-state index < -0.39 is 66.2 Å². The Morgan fingerprint density at radius 1 is 0.836 bits per heavy atom. The van der Waals surface area contributed by atoms with Crippen molar-refractivity contribution in [2.75, 3.05) is 7.11 Å². The van der Waals surface area contributed by atoms with Gasteiger partial charge in [0.05, 0.1) is 23.9 Å². The Morgan fingerprint density at radius 3 is 1.91 bits per heavy atom. The molecule has 2 saturated heterocycles. The largest absolute Gasteiger partial charge is 0.387 e. The molecule has 0 amide bonds. The minimum atomic E-state index is -2.29. The van der Waals surface area contributed by atoms with Crippen LogP contribution in [-0.4, -0.2) is 93.9 Å². The molecule has 8 heteroatoms. The topological polar surface area (TPSA) is 109 Å². The summed E-state index contributed by atoms with van der Waals surface area (Å²) in [5.74, 6) is -2.50. The van der Waals surface area contributed by atoms with Gasteiger partial charge in [-0.1, -0.05) is 32.4 Å². The first-order chi connectivity index (χ1) is 26.0. The normalized spacial score (nSPS) is 31.9. The van der Waals surface area contributed by atoms with Crippen LogP contribution in [0, 0.1) is 29.6 Å². The van der Waals surface area contributed by atoms with Crippen LogP contribution in [0.1, 0.15) is 134 Å². The van der Waals surface area contributed by atoms with Crippen LogP contribution in [0.4, 0.5) is 0 Å². The van der Waals surface area contributed by atoms with Crippen molar-refractivity contribution >= 4 is 18.4 Å². The second kappa shape index (κ2) is 24.3. The summed E-state index contributed by atoms with van der Waals surface area (Å²) in [6.07, 6.45) is 21.5. The quantitative estimate of drug-likeness (QED) is 0.0460. The molecular formula is C47H84O7Sn. The molecule has 2 rings (SSSR count). The van der Waals surface area contributed by atoms with Gasteiger partial charge in [-0.3, -0.25) is 0 Å². The number of rotatable bonds is 23. The van der Waals surface area contributed by atoms with Crippen LogP contribution in [0.5, 0.6) is 0 Å². The predicted octanol–water partition coefficient (Wildman–Crippen LogP) is 10.3. The van der Waals surface area contributed by atoms with Gasteiger partial charge in [0.15, 0.2) is 5.79 Å². The summed E-state index contributed by atoms with van der Waals surface area (Å²) in [5.41, 5.74) is -0.191. The Kier molecular flexibility index (Phi) is 22.3. The summed E-state index contributed by atoms with van der Waals surface area (Å²) >= 11 is -2.29.